The zero-order chi connectivity index (χ0) is 16.8. The van der Waals surface area contributed by atoms with Crippen LogP contribution in [0.4, 0.5) is 5.69 Å². The van der Waals surface area contributed by atoms with Gasteiger partial charge in [-0.1, -0.05) is 18.2 Å². The molecule has 2 bridgehead atoms. The number of aromatic nitrogens is 2. The second kappa shape index (κ2) is 5.88. The minimum absolute atomic E-state index is 0.613. The van der Waals surface area contributed by atoms with E-state index >= 15 is 0 Å². The van der Waals surface area contributed by atoms with E-state index in [1.807, 2.05) is 6.20 Å². The average Bonchev–Trinajstić information content (AvgIpc) is 3.16. The molecule has 2 N–H and O–H groups in total. The number of aromatic amines is 1. The molecule has 2 aliphatic heterocycles. The highest BCUT2D eigenvalue weighted by atomic mass is 15.2. The van der Waals surface area contributed by atoms with E-state index in [2.05, 4.69) is 69.9 Å². The predicted octanol–water partition coefficient (Wildman–Crippen LogP) is 4.27. The van der Waals surface area contributed by atoms with Crippen LogP contribution in [-0.2, 0) is 0 Å². The van der Waals surface area contributed by atoms with Crippen molar-refractivity contribution in [2.24, 2.45) is 0 Å². The van der Waals surface area contributed by atoms with Crippen LogP contribution in [0.3, 0.4) is 0 Å². The molecule has 0 saturated carbocycles. The number of nitrogens with one attached hydrogen (secondary N) is 2. The molecule has 3 heterocycles. The first-order valence-electron chi connectivity index (χ1n) is 9.28. The lowest BCUT2D eigenvalue weighted by Gasteiger charge is -2.37. The van der Waals surface area contributed by atoms with Gasteiger partial charge in [-0.15, -0.1) is 0 Å². The fourth-order valence-corrected chi connectivity index (χ4v) is 4.65. The molecular weight excluding hydrogens is 308 g/mol. The highest BCUT2D eigenvalue weighted by Crippen LogP contribution is 2.35. The summed E-state index contributed by atoms with van der Waals surface area (Å²) in [5.74, 6) is 0. The van der Waals surface area contributed by atoms with Crippen LogP contribution in [0.1, 0.15) is 25.7 Å². The van der Waals surface area contributed by atoms with Gasteiger partial charge in [-0.2, -0.15) is 5.10 Å². The van der Waals surface area contributed by atoms with Gasteiger partial charge in [0.25, 0.3) is 0 Å². The normalized spacial score (nSPS) is 26.2. The van der Waals surface area contributed by atoms with Gasteiger partial charge in [0.15, 0.2) is 0 Å². The minimum Gasteiger partial charge on any atom is -0.382 e. The van der Waals surface area contributed by atoms with E-state index in [9.17, 15) is 0 Å². The Morgan fingerprint density at radius 1 is 1.00 bits per heavy atom. The van der Waals surface area contributed by atoms with Crippen molar-refractivity contribution in [1.29, 1.82) is 0 Å². The maximum atomic E-state index is 4.10. The van der Waals surface area contributed by atoms with E-state index in [0.717, 1.165) is 23.0 Å². The summed E-state index contributed by atoms with van der Waals surface area (Å²) in [6.07, 6.45) is 7.16. The standard InChI is InChI=1S/C21H24N4/c1-25-19-7-8-20(25)12-18(11-19)23-17-5-2-14(3-6-17)15-4-9-21-16(10-15)13-22-24-21/h2-6,9-10,13,18-20,23H,7-8,11-12H2,1H3,(H,22,24)/t18-,19+,20-. The summed E-state index contributed by atoms with van der Waals surface area (Å²) in [7, 11) is 2.30. The van der Waals surface area contributed by atoms with Crippen molar-refractivity contribution in [3.05, 3.63) is 48.7 Å². The van der Waals surface area contributed by atoms with Crippen molar-refractivity contribution in [1.82, 2.24) is 15.1 Å². The third-order valence-corrected chi connectivity index (χ3v) is 6.13. The van der Waals surface area contributed by atoms with E-state index in [1.165, 1.54) is 42.5 Å². The van der Waals surface area contributed by atoms with Crippen LogP contribution >= 0.6 is 0 Å². The molecule has 128 valence electrons. The summed E-state index contributed by atoms with van der Waals surface area (Å²) >= 11 is 0. The van der Waals surface area contributed by atoms with E-state index in [1.54, 1.807) is 0 Å². The second-order valence-electron chi connectivity index (χ2n) is 7.61. The molecule has 4 heteroatoms. The van der Waals surface area contributed by atoms with Crippen LogP contribution in [0, 0.1) is 0 Å². The van der Waals surface area contributed by atoms with Crippen LogP contribution in [-0.4, -0.2) is 40.3 Å². The van der Waals surface area contributed by atoms with Gasteiger partial charge in [-0.25, -0.2) is 0 Å². The van der Waals surface area contributed by atoms with E-state index in [-0.39, 0.29) is 0 Å². The highest BCUT2D eigenvalue weighted by molar-refractivity contribution is 5.84. The van der Waals surface area contributed by atoms with Gasteiger partial charge in [0.1, 0.15) is 0 Å². The molecule has 1 aromatic heterocycles. The number of fused-ring (bicyclic) bond motifs is 3. The van der Waals surface area contributed by atoms with Crippen LogP contribution in [0.15, 0.2) is 48.7 Å². The maximum Gasteiger partial charge on any atom is 0.0650 e. The lowest BCUT2D eigenvalue weighted by Crippen LogP contribution is -2.44. The molecule has 0 unspecified atom stereocenters. The molecule has 0 aliphatic carbocycles. The first-order chi connectivity index (χ1) is 12.3. The molecule has 4 nitrogen and oxygen atoms in total. The monoisotopic (exact) mass is 332 g/mol. The Balaban J connectivity index is 1.31. The molecule has 3 atom stereocenters. The lowest BCUT2D eigenvalue weighted by atomic mass is 9.97. The summed E-state index contributed by atoms with van der Waals surface area (Å²) in [4.78, 5) is 2.59. The number of nitrogens with zero attached hydrogens (tertiary/aromatic N) is 2. The van der Waals surface area contributed by atoms with Crippen molar-refractivity contribution < 1.29 is 0 Å². The molecule has 2 aromatic carbocycles. The molecule has 0 spiro atoms. The van der Waals surface area contributed by atoms with Gasteiger partial charge >= 0.3 is 0 Å². The Hall–Kier alpha value is -2.33. The van der Waals surface area contributed by atoms with Gasteiger partial charge in [0, 0.05) is 29.2 Å². The minimum atomic E-state index is 0.613. The average molecular weight is 332 g/mol. The zero-order valence-corrected chi connectivity index (χ0v) is 14.6. The number of anilines is 1. The van der Waals surface area contributed by atoms with E-state index in [0.29, 0.717) is 6.04 Å². The van der Waals surface area contributed by atoms with E-state index < -0.39 is 0 Å². The Labute approximate surface area is 148 Å². The molecule has 25 heavy (non-hydrogen) atoms. The smallest absolute Gasteiger partial charge is 0.0650 e. The molecule has 0 radical (unpaired) electrons. The number of benzene rings is 2. The summed E-state index contributed by atoms with van der Waals surface area (Å²) in [5.41, 5.74) is 4.80. The predicted molar refractivity (Wildman–Crippen MR) is 103 cm³/mol. The fourth-order valence-electron chi connectivity index (χ4n) is 4.65. The molecule has 2 fully saturated rings. The largest absolute Gasteiger partial charge is 0.382 e. The number of rotatable bonds is 3. The first-order valence-corrected chi connectivity index (χ1v) is 9.28. The Kier molecular flexibility index (Phi) is 3.52. The third kappa shape index (κ3) is 2.71. The topological polar surface area (TPSA) is 44.0 Å². The quantitative estimate of drug-likeness (QED) is 0.753. The molecule has 2 saturated heterocycles. The third-order valence-electron chi connectivity index (χ3n) is 6.13. The molecule has 2 aliphatic rings. The van der Waals surface area contributed by atoms with Gasteiger partial charge in [-0.3, -0.25) is 5.10 Å². The second-order valence-corrected chi connectivity index (χ2v) is 7.61. The summed E-state index contributed by atoms with van der Waals surface area (Å²) in [5, 5.41) is 12.0. The Morgan fingerprint density at radius 3 is 2.48 bits per heavy atom. The molecular formula is C21H24N4. The van der Waals surface area contributed by atoms with Crippen LogP contribution < -0.4 is 5.32 Å². The fraction of sp³-hybridized carbons (Fsp3) is 0.381. The SMILES string of the molecule is CN1[C@@H]2CC[C@H]1C[C@@H](Nc1ccc(-c3ccc4[nH]ncc4c3)cc1)C2. The van der Waals surface area contributed by atoms with Crippen molar-refractivity contribution in [3.8, 4) is 11.1 Å². The van der Waals surface area contributed by atoms with Crippen molar-refractivity contribution >= 4 is 16.6 Å². The van der Waals surface area contributed by atoms with Gasteiger partial charge < -0.3 is 10.2 Å². The van der Waals surface area contributed by atoms with Crippen molar-refractivity contribution in [3.63, 3.8) is 0 Å². The highest BCUT2D eigenvalue weighted by Gasteiger charge is 2.38. The molecule has 5 rings (SSSR count). The van der Waals surface area contributed by atoms with Crippen molar-refractivity contribution in [2.45, 2.75) is 43.8 Å². The molecule has 3 aromatic rings. The van der Waals surface area contributed by atoms with E-state index in [4.69, 9.17) is 0 Å². The van der Waals surface area contributed by atoms with Crippen LogP contribution in [0.5, 0.6) is 0 Å². The number of hydrogen-bond donors (Lipinski definition) is 2. The van der Waals surface area contributed by atoms with Gasteiger partial charge in [0.05, 0.1) is 11.7 Å². The zero-order valence-electron chi connectivity index (χ0n) is 14.6. The lowest BCUT2D eigenvalue weighted by molar-refractivity contribution is 0.169. The summed E-state index contributed by atoms with van der Waals surface area (Å²) < 4.78 is 0. The number of H-pyrrole nitrogens is 1. The van der Waals surface area contributed by atoms with Crippen LogP contribution in [0.25, 0.3) is 22.0 Å². The maximum absolute atomic E-state index is 4.10. The Bertz CT molecular complexity index is 868. The summed E-state index contributed by atoms with van der Waals surface area (Å²) in [6.45, 7) is 0. The van der Waals surface area contributed by atoms with Gasteiger partial charge in [-0.05, 0) is 68.1 Å². The first kappa shape index (κ1) is 15.0. The Morgan fingerprint density at radius 2 is 1.72 bits per heavy atom. The summed E-state index contributed by atoms with van der Waals surface area (Å²) in [6, 6.07) is 17.5. The number of hydrogen-bond acceptors (Lipinski definition) is 3. The van der Waals surface area contributed by atoms with Crippen LogP contribution in [0.2, 0.25) is 0 Å². The number of piperidine rings is 1. The van der Waals surface area contributed by atoms with Crippen molar-refractivity contribution in [2.75, 3.05) is 12.4 Å². The van der Waals surface area contributed by atoms with Gasteiger partial charge in [0.2, 0.25) is 0 Å². The molecule has 0 amide bonds.